The third-order valence-electron chi connectivity index (χ3n) is 3.67. The molecule has 0 aliphatic rings. The predicted molar refractivity (Wildman–Crippen MR) is 80.0 cm³/mol. The molecule has 0 aliphatic heterocycles. The van der Waals surface area contributed by atoms with Crippen LogP contribution in [0.25, 0.3) is 0 Å². The van der Waals surface area contributed by atoms with E-state index < -0.39 is 23.3 Å². The van der Waals surface area contributed by atoms with E-state index in [1.165, 1.54) is 6.92 Å². The van der Waals surface area contributed by atoms with Crippen molar-refractivity contribution in [3.8, 4) is 0 Å². The first-order valence-electron chi connectivity index (χ1n) is 6.36. The number of benzene rings is 1. The number of carboxylic acids is 2. The smallest absolute Gasteiger partial charge is 0.321 e. The van der Waals surface area contributed by atoms with Gasteiger partial charge in [0.15, 0.2) is 5.41 Å². The Morgan fingerprint density at radius 2 is 1.60 bits per heavy atom. The zero-order chi connectivity index (χ0) is 15.5. The van der Waals surface area contributed by atoms with Crippen molar-refractivity contribution in [2.45, 2.75) is 32.0 Å². The van der Waals surface area contributed by atoms with Gasteiger partial charge >= 0.3 is 11.9 Å². The van der Waals surface area contributed by atoms with Gasteiger partial charge < -0.3 is 10.2 Å². The highest BCUT2D eigenvalue weighted by molar-refractivity contribution is 9.08. The summed E-state index contributed by atoms with van der Waals surface area (Å²) in [7, 11) is 0. The SMILES string of the molecule is CC(C)C(c1ccc(CBr)cc1)C(C)(C(=O)O)C(=O)O. The van der Waals surface area contributed by atoms with E-state index in [9.17, 15) is 19.8 Å². The summed E-state index contributed by atoms with van der Waals surface area (Å²) >= 11 is 3.35. The van der Waals surface area contributed by atoms with Crippen molar-refractivity contribution in [2.24, 2.45) is 11.3 Å². The number of aliphatic carboxylic acids is 2. The van der Waals surface area contributed by atoms with Crippen LogP contribution in [-0.4, -0.2) is 22.2 Å². The average Bonchev–Trinajstić information content (AvgIpc) is 2.38. The molecule has 0 heterocycles. The molecule has 1 aromatic rings. The minimum atomic E-state index is -1.84. The lowest BCUT2D eigenvalue weighted by Gasteiger charge is -2.33. The maximum Gasteiger partial charge on any atom is 0.321 e. The third-order valence-corrected chi connectivity index (χ3v) is 4.32. The third kappa shape index (κ3) is 3.03. The van der Waals surface area contributed by atoms with E-state index in [-0.39, 0.29) is 5.92 Å². The normalized spacial score (nSPS) is 13.2. The molecular weight excluding hydrogens is 324 g/mol. The highest BCUT2D eigenvalue weighted by Crippen LogP contribution is 2.42. The van der Waals surface area contributed by atoms with Gasteiger partial charge in [0.05, 0.1) is 0 Å². The summed E-state index contributed by atoms with van der Waals surface area (Å²) in [4.78, 5) is 23.0. The van der Waals surface area contributed by atoms with E-state index in [1.54, 1.807) is 0 Å². The van der Waals surface area contributed by atoms with Gasteiger partial charge in [-0.05, 0) is 24.0 Å². The van der Waals surface area contributed by atoms with E-state index in [0.29, 0.717) is 5.33 Å². The molecule has 1 rings (SSSR count). The molecule has 0 saturated heterocycles. The minimum Gasteiger partial charge on any atom is -0.480 e. The van der Waals surface area contributed by atoms with E-state index in [1.807, 2.05) is 38.1 Å². The van der Waals surface area contributed by atoms with Crippen molar-refractivity contribution in [1.82, 2.24) is 0 Å². The molecule has 0 amide bonds. The number of hydrogen-bond acceptors (Lipinski definition) is 2. The van der Waals surface area contributed by atoms with Crippen molar-refractivity contribution in [2.75, 3.05) is 0 Å². The zero-order valence-corrected chi connectivity index (χ0v) is 13.3. The van der Waals surface area contributed by atoms with Gasteiger partial charge in [0.25, 0.3) is 0 Å². The van der Waals surface area contributed by atoms with Gasteiger partial charge in [0.2, 0.25) is 0 Å². The molecule has 1 aromatic carbocycles. The fourth-order valence-corrected chi connectivity index (χ4v) is 2.93. The van der Waals surface area contributed by atoms with Crippen molar-refractivity contribution < 1.29 is 19.8 Å². The van der Waals surface area contributed by atoms with Crippen LogP contribution in [0.4, 0.5) is 0 Å². The second-order valence-corrected chi connectivity index (χ2v) is 5.97. The molecule has 110 valence electrons. The van der Waals surface area contributed by atoms with Crippen LogP contribution >= 0.6 is 15.9 Å². The molecule has 2 N–H and O–H groups in total. The summed E-state index contributed by atoms with van der Waals surface area (Å²) in [5.74, 6) is -3.33. The van der Waals surface area contributed by atoms with Crippen molar-refractivity contribution in [1.29, 1.82) is 0 Å². The maximum atomic E-state index is 11.5. The Morgan fingerprint density at radius 1 is 1.15 bits per heavy atom. The van der Waals surface area contributed by atoms with Crippen LogP contribution in [-0.2, 0) is 14.9 Å². The van der Waals surface area contributed by atoms with Gasteiger partial charge in [-0.2, -0.15) is 0 Å². The molecule has 0 radical (unpaired) electrons. The fraction of sp³-hybridized carbons (Fsp3) is 0.467. The molecule has 1 atom stereocenters. The average molecular weight is 343 g/mol. The van der Waals surface area contributed by atoms with E-state index in [2.05, 4.69) is 15.9 Å². The Morgan fingerprint density at radius 3 is 1.90 bits per heavy atom. The number of alkyl halides is 1. The quantitative estimate of drug-likeness (QED) is 0.612. The lowest BCUT2D eigenvalue weighted by atomic mass is 9.68. The molecule has 0 saturated carbocycles. The standard InChI is InChI=1S/C15H19BrO4/c1-9(2)12(15(3,13(17)18)14(19)20)11-6-4-10(8-16)5-7-11/h4-7,9,12H,8H2,1-3H3,(H,17,18)(H,19,20). The first-order chi connectivity index (χ1) is 9.25. The minimum absolute atomic E-state index is 0.109. The molecule has 0 aromatic heterocycles. The second kappa shape index (κ2) is 6.39. The summed E-state index contributed by atoms with van der Waals surface area (Å²) in [6, 6.07) is 7.38. The first kappa shape index (κ1) is 16.7. The van der Waals surface area contributed by atoms with Gasteiger partial charge in [-0.3, -0.25) is 9.59 Å². The van der Waals surface area contributed by atoms with Gasteiger partial charge in [-0.1, -0.05) is 54.0 Å². The predicted octanol–water partition coefficient (Wildman–Crippen LogP) is 3.50. The molecule has 0 bridgehead atoms. The van der Waals surface area contributed by atoms with Gasteiger partial charge in [0.1, 0.15) is 0 Å². The van der Waals surface area contributed by atoms with E-state index >= 15 is 0 Å². The summed E-state index contributed by atoms with van der Waals surface area (Å²) in [6.07, 6.45) is 0. The van der Waals surface area contributed by atoms with Crippen LogP contribution in [0.3, 0.4) is 0 Å². The lowest BCUT2D eigenvalue weighted by molar-refractivity contribution is -0.166. The number of carboxylic acid groups (broad SMARTS) is 2. The molecular formula is C15H19BrO4. The Balaban J connectivity index is 3.35. The highest BCUT2D eigenvalue weighted by atomic mass is 79.9. The second-order valence-electron chi connectivity index (χ2n) is 5.41. The summed E-state index contributed by atoms with van der Waals surface area (Å²) in [5.41, 5.74) is -0.0509. The molecule has 1 unspecified atom stereocenters. The molecule has 20 heavy (non-hydrogen) atoms. The van der Waals surface area contributed by atoms with Crippen LogP contribution in [0.1, 0.15) is 37.8 Å². The Bertz CT molecular complexity index is 479. The number of halogens is 1. The zero-order valence-electron chi connectivity index (χ0n) is 11.8. The van der Waals surface area contributed by atoms with Gasteiger partial charge in [-0.15, -0.1) is 0 Å². The van der Waals surface area contributed by atoms with E-state index in [4.69, 9.17) is 0 Å². The number of rotatable bonds is 6. The molecule has 5 heteroatoms. The molecule has 4 nitrogen and oxygen atoms in total. The lowest BCUT2D eigenvalue weighted by Crippen LogP contribution is -2.43. The fourth-order valence-electron chi connectivity index (χ4n) is 2.56. The van der Waals surface area contributed by atoms with Crippen LogP contribution in [0.15, 0.2) is 24.3 Å². The highest BCUT2D eigenvalue weighted by Gasteiger charge is 2.50. The Hall–Kier alpha value is -1.36. The summed E-state index contributed by atoms with van der Waals surface area (Å²) < 4.78 is 0. The largest absolute Gasteiger partial charge is 0.480 e. The molecule has 0 fully saturated rings. The van der Waals surface area contributed by atoms with Gasteiger partial charge in [-0.25, -0.2) is 0 Å². The number of carbonyl (C=O) groups is 2. The number of hydrogen-bond donors (Lipinski definition) is 2. The monoisotopic (exact) mass is 342 g/mol. The maximum absolute atomic E-state index is 11.5. The summed E-state index contributed by atoms with van der Waals surface area (Å²) in [5, 5.41) is 19.5. The van der Waals surface area contributed by atoms with Crippen LogP contribution in [0.2, 0.25) is 0 Å². The molecule has 0 spiro atoms. The van der Waals surface area contributed by atoms with Crippen molar-refractivity contribution >= 4 is 27.9 Å². The van der Waals surface area contributed by atoms with Gasteiger partial charge in [0, 0.05) is 11.2 Å². The van der Waals surface area contributed by atoms with Crippen molar-refractivity contribution in [3.63, 3.8) is 0 Å². The summed E-state index contributed by atoms with van der Waals surface area (Å²) in [6.45, 7) is 4.96. The van der Waals surface area contributed by atoms with Crippen LogP contribution < -0.4 is 0 Å². The topological polar surface area (TPSA) is 74.6 Å². The Kier molecular flexibility index (Phi) is 5.34. The van der Waals surface area contributed by atoms with Crippen LogP contribution in [0, 0.1) is 11.3 Å². The van der Waals surface area contributed by atoms with Crippen molar-refractivity contribution in [3.05, 3.63) is 35.4 Å². The first-order valence-corrected chi connectivity index (χ1v) is 7.48. The van der Waals surface area contributed by atoms with E-state index in [0.717, 1.165) is 11.1 Å². The molecule has 0 aliphatic carbocycles. The Labute approximate surface area is 126 Å². The van der Waals surface area contributed by atoms with Crippen LogP contribution in [0.5, 0.6) is 0 Å².